The highest BCUT2D eigenvalue weighted by atomic mass is 16.5. The molecule has 0 radical (unpaired) electrons. The van der Waals surface area contributed by atoms with Crippen LogP contribution in [0.15, 0.2) is 18.2 Å². The first-order valence-corrected chi connectivity index (χ1v) is 6.76. The number of anilines is 2. The molecule has 0 bridgehead atoms. The van der Waals surface area contributed by atoms with Crippen molar-refractivity contribution in [2.45, 2.75) is 53.2 Å². The van der Waals surface area contributed by atoms with E-state index in [1.165, 1.54) is 0 Å². The Morgan fingerprint density at radius 3 is 2.39 bits per heavy atom. The van der Waals surface area contributed by atoms with Crippen molar-refractivity contribution in [3.05, 3.63) is 18.2 Å². The van der Waals surface area contributed by atoms with Gasteiger partial charge in [-0.25, -0.2) is 0 Å². The van der Waals surface area contributed by atoms with Gasteiger partial charge in [0.15, 0.2) is 0 Å². The molecule has 3 N–H and O–H groups in total. The van der Waals surface area contributed by atoms with Crippen molar-refractivity contribution in [1.82, 2.24) is 0 Å². The fraction of sp³-hybridized carbons (Fsp3) is 0.600. The molecule has 0 aliphatic carbocycles. The highest BCUT2D eigenvalue weighted by Gasteiger charge is 2.12. The molecule has 3 nitrogen and oxygen atoms in total. The van der Waals surface area contributed by atoms with Crippen molar-refractivity contribution < 1.29 is 4.74 Å². The number of hydrogen-bond donors (Lipinski definition) is 2. The zero-order chi connectivity index (χ0) is 13.7. The summed E-state index contributed by atoms with van der Waals surface area (Å²) in [5, 5.41) is 3.53. The Kier molecular flexibility index (Phi) is 5.32. The minimum absolute atomic E-state index is 0.134. The second-order valence-corrected chi connectivity index (χ2v) is 5.32. The van der Waals surface area contributed by atoms with Crippen molar-refractivity contribution in [2.75, 3.05) is 11.1 Å². The summed E-state index contributed by atoms with van der Waals surface area (Å²) in [6.07, 6.45) is 1.23. The second-order valence-electron chi connectivity index (χ2n) is 5.32. The molecule has 1 rings (SSSR count). The Balaban J connectivity index is 2.84. The Morgan fingerprint density at radius 2 is 1.89 bits per heavy atom. The van der Waals surface area contributed by atoms with Gasteiger partial charge in [-0.05, 0) is 38.3 Å². The Hall–Kier alpha value is -1.38. The summed E-state index contributed by atoms with van der Waals surface area (Å²) in [5.41, 5.74) is 7.66. The number of nitrogen functional groups attached to an aromatic ring is 1. The van der Waals surface area contributed by atoms with Gasteiger partial charge in [-0.15, -0.1) is 0 Å². The summed E-state index contributed by atoms with van der Waals surface area (Å²) in [6, 6.07) is 6.36. The molecule has 3 heteroatoms. The summed E-state index contributed by atoms with van der Waals surface area (Å²) >= 11 is 0. The number of hydrogen-bond acceptors (Lipinski definition) is 3. The lowest BCUT2D eigenvalue weighted by atomic mass is 10.0. The van der Waals surface area contributed by atoms with Gasteiger partial charge in [0.25, 0.3) is 0 Å². The van der Waals surface area contributed by atoms with Gasteiger partial charge in [-0.2, -0.15) is 0 Å². The largest absolute Gasteiger partial charge is 0.489 e. The van der Waals surface area contributed by atoms with Gasteiger partial charge in [0.1, 0.15) is 5.75 Å². The van der Waals surface area contributed by atoms with Crippen molar-refractivity contribution >= 4 is 11.4 Å². The molecule has 1 aromatic carbocycles. The van der Waals surface area contributed by atoms with Crippen LogP contribution in [0.1, 0.15) is 41.0 Å². The van der Waals surface area contributed by atoms with E-state index in [1.807, 2.05) is 32.0 Å². The molecule has 0 heterocycles. The lowest BCUT2D eigenvalue weighted by Gasteiger charge is -2.23. The van der Waals surface area contributed by atoms with Crippen molar-refractivity contribution in [3.8, 4) is 5.75 Å². The van der Waals surface area contributed by atoms with Crippen LogP contribution in [0.5, 0.6) is 5.75 Å². The molecule has 1 aromatic rings. The molecule has 0 fully saturated rings. The third-order valence-corrected chi connectivity index (χ3v) is 2.97. The van der Waals surface area contributed by atoms with Crippen molar-refractivity contribution in [1.29, 1.82) is 0 Å². The lowest BCUT2D eigenvalue weighted by molar-refractivity contribution is 0.244. The summed E-state index contributed by atoms with van der Waals surface area (Å²) < 4.78 is 5.70. The molecular formula is C15H26N2O. The highest BCUT2D eigenvalue weighted by Crippen LogP contribution is 2.27. The average molecular weight is 250 g/mol. The van der Waals surface area contributed by atoms with Gasteiger partial charge in [0.05, 0.1) is 11.8 Å². The normalized spacial score (nSPS) is 12.8. The SMILES string of the molecule is CCC(Nc1ccc(N)c(OC(C)C)c1)C(C)C. The maximum Gasteiger partial charge on any atom is 0.144 e. The number of rotatable bonds is 6. The third kappa shape index (κ3) is 4.13. The van der Waals surface area contributed by atoms with Crippen LogP contribution in [-0.4, -0.2) is 12.1 Å². The summed E-state index contributed by atoms with van der Waals surface area (Å²) in [6.45, 7) is 10.7. The third-order valence-electron chi connectivity index (χ3n) is 2.97. The zero-order valence-corrected chi connectivity index (χ0v) is 12.2. The Bertz CT molecular complexity index is 375. The number of nitrogens with two attached hydrogens (primary N) is 1. The molecule has 1 unspecified atom stereocenters. The maximum absolute atomic E-state index is 5.91. The number of nitrogens with one attached hydrogen (secondary N) is 1. The maximum atomic E-state index is 5.91. The van der Waals surface area contributed by atoms with E-state index in [-0.39, 0.29) is 6.10 Å². The molecule has 0 saturated heterocycles. The zero-order valence-electron chi connectivity index (χ0n) is 12.2. The Morgan fingerprint density at radius 1 is 1.22 bits per heavy atom. The Labute approximate surface area is 111 Å². The molecule has 0 aromatic heterocycles. The van der Waals surface area contributed by atoms with Crippen molar-refractivity contribution in [3.63, 3.8) is 0 Å². The van der Waals surface area contributed by atoms with Crippen LogP contribution in [0.4, 0.5) is 11.4 Å². The van der Waals surface area contributed by atoms with E-state index in [2.05, 4.69) is 26.1 Å². The predicted octanol–water partition coefficient (Wildman–Crippen LogP) is 3.90. The minimum Gasteiger partial charge on any atom is -0.489 e. The molecule has 0 amide bonds. The quantitative estimate of drug-likeness (QED) is 0.753. The van der Waals surface area contributed by atoms with Crippen molar-refractivity contribution in [2.24, 2.45) is 5.92 Å². The number of benzene rings is 1. The second kappa shape index (κ2) is 6.53. The molecule has 18 heavy (non-hydrogen) atoms. The van der Waals surface area contributed by atoms with Crippen LogP contribution in [0.2, 0.25) is 0 Å². The standard InChI is InChI=1S/C15H26N2O/c1-6-14(10(2)3)17-12-7-8-13(16)15(9-12)18-11(4)5/h7-11,14,17H,6,16H2,1-5H3. The van der Waals surface area contributed by atoms with Crippen LogP contribution in [0, 0.1) is 5.92 Å². The minimum atomic E-state index is 0.134. The topological polar surface area (TPSA) is 47.3 Å². The monoisotopic (exact) mass is 250 g/mol. The van der Waals surface area contributed by atoms with Gasteiger partial charge < -0.3 is 15.8 Å². The van der Waals surface area contributed by atoms with E-state index in [9.17, 15) is 0 Å². The molecule has 0 aliphatic heterocycles. The van der Waals surface area contributed by atoms with Crippen LogP contribution in [0.3, 0.4) is 0 Å². The molecule has 0 spiro atoms. The molecule has 0 aliphatic rings. The number of ether oxygens (including phenoxy) is 1. The summed E-state index contributed by atoms with van der Waals surface area (Å²) in [5.74, 6) is 1.36. The molecule has 0 saturated carbocycles. The first-order valence-electron chi connectivity index (χ1n) is 6.76. The van der Waals surface area contributed by atoms with Gasteiger partial charge in [-0.3, -0.25) is 0 Å². The summed E-state index contributed by atoms with van der Waals surface area (Å²) in [7, 11) is 0. The van der Waals surface area contributed by atoms with E-state index >= 15 is 0 Å². The van der Waals surface area contributed by atoms with Gasteiger partial charge in [-0.1, -0.05) is 20.8 Å². The van der Waals surface area contributed by atoms with E-state index in [4.69, 9.17) is 10.5 Å². The first kappa shape index (κ1) is 14.7. The predicted molar refractivity (Wildman–Crippen MR) is 79.2 cm³/mol. The summed E-state index contributed by atoms with van der Waals surface area (Å²) in [4.78, 5) is 0. The van der Waals surface area contributed by atoms with E-state index in [1.54, 1.807) is 0 Å². The van der Waals surface area contributed by atoms with E-state index in [0.717, 1.165) is 17.9 Å². The highest BCUT2D eigenvalue weighted by molar-refractivity contribution is 5.61. The van der Waals surface area contributed by atoms with Gasteiger partial charge in [0, 0.05) is 17.8 Å². The van der Waals surface area contributed by atoms with Gasteiger partial charge >= 0.3 is 0 Å². The van der Waals surface area contributed by atoms with Crippen LogP contribution >= 0.6 is 0 Å². The van der Waals surface area contributed by atoms with E-state index in [0.29, 0.717) is 17.6 Å². The molecule has 102 valence electrons. The van der Waals surface area contributed by atoms with Crippen LogP contribution < -0.4 is 15.8 Å². The first-order chi connectivity index (χ1) is 8.43. The van der Waals surface area contributed by atoms with Crippen LogP contribution in [0.25, 0.3) is 0 Å². The molecule has 1 atom stereocenters. The van der Waals surface area contributed by atoms with Gasteiger partial charge in [0.2, 0.25) is 0 Å². The smallest absolute Gasteiger partial charge is 0.144 e. The fourth-order valence-corrected chi connectivity index (χ4v) is 1.93. The van der Waals surface area contributed by atoms with E-state index < -0.39 is 0 Å². The average Bonchev–Trinajstić information content (AvgIpc) is 2.29. The fourth-order valence-electron chi connectivity index (χ4n) is 1.93. The van der Waals surface area contributed by atoms with Crippen LogP contribution in [-0.2, 0) is 0 Å². The molecular weight excluding hydrogens is 224 g/mol. The lowest BCUT2D eigenvalue weighted by Crippen LogP contribution is -2.24.